The molecule has 0 aromatic heterocycles. The molecule has 39 heavy (non-hydrogen) atoms. The van der Waals surface area contributed by atoms with Crippen LogP contribution in [0.15, 0.2) is 72.3 Å². The van der Waals surface area contributed by atoms with E-state index in [1.807, 2.05) is 55.5 Å². The normalized spacial score (nSPS) is 19.0. The summed E-state index contributed by atoms with van der Waals surface area (Å²) in [6.07, 6.45) is 3.19. The van der Waals surface area contributed by atoms with Gasteiger partial charge in [-0.25, -0.2) is 17.2 Å². The minimum absolute atomic E-state index is 0.0150. The van der Waals surface area contributed by atoms with Gasteiger partial charge in [-0.15, -0.1) is 0 Å². The van der Waals surface area contributed by atoms with E-state index in [-0.39, 0.29) is 16.5 Å². The molecule has 2 atom stereocenters. The van der Waals surface area contributed by atoms with Gasteiger partial charge in [0.05, 0.1) is 10.9 Å². The summed E-state index contributed by atoms with van der Waals surface area (Å²) in [4.78, 5) is 4.14. The van der Waals surface area contributed by atoms with Crippen molar-refractivity contribution in [3.8, 4) is 0 Å². The highest BCUT2D eigenvalue weighted by Gasteiger charge is 2.36. The summed E-state index contributed by atoms with van der Waals surface area (Å²) in [6, 6.07) is 17.9. The van der Waals surface area contributed by atoms with Crippen molar-refractivity contribution in [2.45, 2.75) is 31.5 Å². The molecule has 2 fully saturated rings. The molecule has 2 aliphatic heterocycles. The van der Waals surface area contributed by atoms with Crippen LogP contribution in [0, 0.1) is 11.6 Å². The van der Waals surface area contributed by atoms with Crippen molar-refractivity contribution in [2.75, 3.05) is 32.4 Å². The van der Waals surface area contributed by atoms with E-state index < -0.39 is 27.2 Å². The largest absolute Gasteiger partial charge is 0.372 e. The van der Waals surface area contributed by atoms with Crippen molar-refractivity contribution in [1.29, 1.82) is 0 Å². The summed E-state index contributed by atoms with van der Waals surface area (Å²) in [6.45, 7) is 4.13. The van der Waals surface area contributed by atoms with Crippen LogP contribution in [0.1, 0.15) is 48.1 Å². The topological polar surface area (TPSA) is 60.9 Å². The number of likely N-dealkylation sites (tertiary alicyclic amines) is 2. The molecule has 3 aromatic rings. The zero-order chi connectivity index (χ0) is 27.9. The van der Waals surface area contributed by atoms with Gasteiger partial charge in [-0.1, -0.05) is 48.0 Å². The lowest BCUT2D eigenvalue weighted by molar-refractivity contribution is -0.0882. The predicted octanol–water partition coefficient (Wildman–Crippen LogP) is 5.74. The fraction of sp³-hybridized carbons (Fsp3) is 0.333. The molecule has 2 heterocycles. The van der Waals surface area contributed by atoms with Crippen LogP contribution in [0.3, 0.4) is 0 Å². The molecule has 1 N–H and O–H groups in total. The van der Waals surface area contributed by atoms with Crippen LogP contribution >= 0.6 is 11.6 Å². The lowest BCUT2D eigenvalue weighted by Crippen LogP contribution is -2.44. The third-order valence-electron chi connectivity index (χ3n) is 7.65. The Morgan fingerprint density at radius 1 is 0.923 bits per heavy atom. The molecule has 0 saturated carbocycles. The molecule has 0 amide bonds. The second kappa shape index (κ2) is 10.7. The predicted molar refractivity (Wildman–Crippen MR) is 150 cm³/mol. The van der Waals surface area contributed by atoms with Gasteiger partial charge in [-0.3, -0.25) is 9.80 Å². The van der Waals surface area contributed by atoms with Gasteiger partial charge < -0.3 is 5.11 Å². The molecule has 2 unspecified atom stereocenters. The van der Waals surface area contributed by atoms with Crippen LogP contribution in [-0.4, -0.2) is 55.8 Å². The van der Waals surface area contributed by atoms with E-state index in [0.29, 0.717) is 23.7 Å². The van der Waals surface area contributed by atoms with Gasteiger partial charge >= 0.3 is 0 Å². The van der Waals surface area contributed by atoms with E-state index >= 15 is 0 Å². The Morgan fingerprint density at radius 3 is 1.95 bits per heavy atom. The van der Waals surface area contributed by atoms with Crippen LogP contribution < -0.4 is 0 Å². The van der Waals surface area contributed by atoms with Gasteiger partial charge in [0, 0.05) is 43.5 Å². The number of halogens is 3. The Balaban J connectivity index is 1.49. The highest BCUT2D eigenvalue weighted by Crippen LogP contribution is 2.39. The second-order valence-electron chi connectivity index (χ2n) is 10.6. The van der Waals surface area contributed by atoms with Gasteiger partial charge in [-0.05, 0) is 71.9 Å². The molecule has 0 spiro atoms. The molecule has 206 valence electrons. The first-order valence-corrected chi connectivity index (χ1v) is 15.2. The van der Waals surface area contributed by atoms with E-state index in [0.717, 1.165) is 67.1 Å². The quantitative estimate of drug-likeness (QED) is 0.391. The molecule has 5 nitrogen and oxygen atoms in total. The number of hydrogen-bond acceptors (Lipinski definition) is 5. The van der Waals surface area contributed by atoms with E-state index in [2.05, 4.69) is 9.80 Å². The highest BCUT2D eigenvalue weighted by molar-refractivity contribution is 8.00. The summed E-state index contributed by atoms with van der Waals surface area (Å²) in [5.41, 5.74) is 2.28. The van der Waals surface area contributed by atoms with Crippen molar-refractivity contribution < 1.29 is 22.3 Å². The molecule has 0 bridgehead atoms. The summed E-state index contributed by atoms with van der Waals surface area (Å²) >= 11 is 6.15. The fourth-order valence-corrected chi connectivity index (χ4v) is 7.04. The first kappa shape index (κ1) is 27.9. The van der Waals surface area contributed by atoms with Crippen molar-refractivity contribution in [2.24, 2.45) is 0 Å². The summed E-state index contributed by atoms with van der Waals surface area (Å²) in [5, 5.41) is 11.8. The molecular formula is C30H31ClF2N2O3S. The zero-order valence-electron chi connectivity index (χ0n) is 21.9. The van der Waals surface area contributed by atoms with Crippen molar-refractivity contribution in [3.05, 3.63) is 111 Å². The van der Waals surface area contributed by atoms with Crippen LogP contribution in [-0.2, 0) is 15.6 Å². The van der Waals surface area contributed by atoms with Gasteiger partial charge in [0.1, 0.15) is 17.4 Å². The molecule has 3 aromatic carbocycles. The number of rotatable bonds is 7. The molecule has 2 aliphatic rings. The summed E-state index contributed by atoms with van der Waals surface area (Å²) in [5.74, 6) is -1.65. The number of aliphatic hydroxyl groups is 1. The van der Waals surface area contributed by atoms with E-state index in [9.17, 15) is 22.3 Å². The van der Waals surface area contributed by atoms with E-state index in [4.69, 9.17) is 11.6 Å². The molecular weight excluding hydrogens is 542 g/mol. The van der Waals surface area contributed by atoms with Gasteiger partial charge in [-0.2, -0.15) is 0 Å². The standard InChI is InChI=1S/C30H31ClF2N2O3S/c1-30(36,35-13-3-4-14-35)24-9-5-20(6-10-24)28(21-7-11-25(31)12-8-21)34-18-23(19-34)29(39(2,37)38)22-15-26(32)17-27(33)16-22/h5-12,15-17,28,36H,3-4,13-14,18-19H2,1-2H3. The van der Waals surface area contributed by atoms with Crippen LogP contribution in [0.4, 0.5) is 8.78 Å². The van der Waals surface area contributed by atoms with Crippen LogP contribution in [0.25, 0.3) is 4.91 Å². The van der Waals surface area contributed by atoms with Crippen molar-refractivity contribution in [3.63, 3.8) is 0 Å². The van der Waals surface area contributed by atoms with Gasteiger partial charge in [0.15, 0.2) is 9.84 Å². The summed E-state index contributed by atoms with van der Waals surface area (Å²) < 4.78 is 53.4. The third kappa shape index (κ3) is 5.81. The lowest BCUT2D eigenvalue weighted by atomic mass is 9.90. The fourth-order valence-electron chi connectivity index (χ4n) is 5.71. The number of nitrogens with zero attached hydrogens (tertiary/aromatic N) is 2. The first-order valence-electron chi connectivity index (χ1n) is 12.9. The number of hydrogen-bond donors (Lipinski definition) is 1. The average molecular weight is 573 g/mol. The SMILES string of the molecule is CC(O)(c1ccc(C(c2ccc(Cl)cc2)N2CC(=C(c3cc(F)cc(F)c3)S(C)(=O)=O)C2)cc1)N1CCCC1. The van der Waals surface area contributed by atoms with E-state index in [1.165, 1.54) is 0 Å². The van der Waals surface area contributed by atoms with Gasteiger partial charge in [0.2, 0.25) is 0 Å². The number of sulfone groups is 1. The average Bonchev–Trinajstić information content (AvgIpc) is 3.39. The first-order chi connectivity index (χ1) is 18.4. The van der Waals surface area contributed by atoms with Crippen molar-refractivity contribution in [1.82, 2.24) is 9.80 Å². The highest BCUT2D eigenvalue weighted by atomic mass is 35.5. The second-order valence-corrected chi connectivity index (χ2v) is 12.9. The smallest absolute Gasteiger partial charge is 0.176 e. The molecule has 0 radical (unpaired) electrons. The Bertz CT molecular complexity index is 1470. The third-order valence-corrected chi connectivity index (χ3v) is 9.17. The molecule has 5 rings (SSSR count). The Hall–Kier alpha value is -2.62. The van der Waals surface area contributed by atoms with E-state index in [1.54, 1.807) is 0 Å². The summed E-state index contributed by atoms with van der Waals surface area (Å²) in [7, 11) is -3.76. The molecule has 9 heteroatoms. The van der Waals surface area contributed by atoms with Crippen LogP contribution in [0.5, 0.6) is 0 Å². The molecule has 0 aliphatic carbocycles. The van der Waals surface area contributed by atoms with Gasteiger partial charge in [0.25, 0.3) is 0 Å². The zero-order valence-corrected chi connectivity index (χ0v) is 23.4. The number of benzene rings is 3. The molecule has 2 saturated heterocycles. The Kier molecular flexibility index (Phi) is 7.70. The maximum Gasteiger partial charge on any atom is 0.176 e. The lowest BCUT2D eigenvalue weighted by Gasteiger charge is -2.42. The Labute approximate surface area is 233 Å². The van der Waals surface area contributed by atoms with Crippen molar-refractivity contribution >= 4 is 26.3 Å². The minimum Gasteiger partial charge on any atom is -0.372 e. The monoisotopic (exact) mass is 572 g/mol. The maximum absolute atomic E-state index is 14.0. The van der Waals surface area contributed by atoms with Crippen LogP contribution in [0.2, 0.25) is 5.02 Å². The maximum atomic E-state index is 14.0. The Morgan fingerprint density at radius 2 is 1.44 bits per heavy atom. The minimum atomic E-state index is -3.76.